The summed E-state index contributed by atoms with van der Waals surface area (Å²) in [6, 6.07) is 13.5. The Bertz CT molecular complexity index is 1380. The summed E-state index contributed by atoms with van der Waals surface area (Å²) in [5.41, 5.74) is 1.32. The molecule has 2 N–H and O–H groups in total. The van der Waals surface area contributed by atoms with Crippen molar-refractivity contribution in [2.75, 3.05) is 26.2 Å². The summed E-state index contributed by atoms with van der Waals surface area (Å²) in [7, 11) is 0. The van der Waals surface area contributed by atoms with Crippen molar-refractivity contribution < 1.29 is 29.0 Å². The molecule has 0 unspecified atom stereocenters. The van der Waals surface area contributed by atoms with Gasteiger partial charge in [0.1, 0.15) is 17.3 Å². The van der Waals surface area contributed by atoms with Crippen LogP contribution in [0.15, 0.2) is 60.9 Å². The average molecular weight is 563 g/mol. The van der Waals surface area contributed by atoms with Crippen LogP contribution < -0.4 is 5.32 Å². The average Bonchev–Trinajstić information content (AvgIpc) is 3.49. The molecule has 0 spiro atoms. The molecule has 1 aromatic carbocycles. The van der Waals surface area contributed by atoms with Crippen LogP contribution in [0.4, 0.5) is 4.79 Å². The highest BCUT2D eigenvalue weighted by molar-refractivity contribution is 5.97. The van der Waals surface area contributed by atoms with Crippen LogP contribution in [0.5, 0.6) is 0 Å². The predicted molar refractivity (Wildman–Crippen MR) is 149 cm³/mol. The van der Waals surface area contributed by atoms with Crippen LogP contribution >= 0.6 is 0 Å². The molecule has 12 nitrogen and oxygen atoms in total. The van der Waals surface area contributed by atoms with E-state index in [0.717, 1.165) is 5.56 Å². The summed E-state index contributed by atoms with van der Waals surface area (Å²) in [4.78, 5) is 58.2. The summed E-state index contributed by atoms with van der Waals surface area (Å²) in [5, 5.41) is 16.3. The number of carbonyl (C=O) groups is 4. The third-order valence-electron chi connectivity index (χ3n) is 6.40. The van der Waals surface area contributed by atoms with E-state index in [0.29, 0.717) is 11.4 Å². The minimum Gasteiger partial charge on any atom is -0.465 e. The standard InChI is InChI=1S/C29H34N6O6/c1-29(2,3)41-25(36)11-10-22(27(38)33-14-16-34(17-15-33)28(39)40)32-26(37)24-19-21(35-13-7-12-30-35)18-23(31-24)20-8-5-4-6-9-20/h4-9,12-13,18-19,22H,10-11,14-17H2,1-3H3,(H,32,37)(H,39,40)/t22-/m0/s1. The molecule has 1 saturated heterocycles. The fourth-order valence-corrected chi connectivity index (χ4v) is 4.43. The lowest BCUT2D eigenvalue weighted by atomic mass is 10.1. The number of benzene rings is 1. The van der Waals surface area contributed by atoms with Gasteiger partial charge >= 0.3 is 12.1 Å². The highest BCUT2D eigenvalue weighted by atomic mass is 16.6. The van der Waals surface area contributed by atoms with Gasteiger partial charge in [0.05, 0.1) is 11.4 Å². The maximum atomic E-state index is 13.6. The fourth-order valence-electron chi connectivity index (χ4n) is 4.43. The van der Waals surface area contributed by atoms with Crippen molar-refractivity contribution in [3.05, 3.63) is 66.6 Å². The highest BCUT2D eigenvalue weighted by Gasteiger charge is 2.31. The molecule has 3 heterocycles. The summed E-state index contributed by atoms with van der Waals surface area (Å²) in [5.74, 6) is -1.49. The van der Waals surface area contributed by atoms with Crippen LogP contribution in [-0.4, -0.2) is 91.4 Å². The van der Waals surface area contributed by atoms with Crippen molar-refractivity contribution in [1.82, 2.24) is 29.9 Å². The molecule has 0 radical (unpaired) electrons. The Labute approximate surface area is 237 Å². The van der Waals surface area contributed by atoms with Gasteiger partial charge in [-0.2, -0.15) is 5.10 Å². The third kappa shape index (κ3) is 7.90. The van der Waals surface area contributed by atoms with E-state index in [1.54, 1.807) is 50.0 Å². The fraction of sp³-hybridized carbons (Fsp3) is 0.379. The van der Waals surface area contributed by atoms with E-state index in [-0.39, 0.29) is 44.7 Å². The Morgan fingerprint density at radius 1 is 1.00 bits per heavy atom. The molecular formula is C29H34N6O6. The molecule has 216 valence electrons. The largest absolute Gasteiger partial charge is 0.465 e. The van der Waals surface area contributed by atoms with E-state index < -0.39 is 35.5 Å². The van der Waals surface area contributed by atoms with Crippen molar-refractivity contribution in [2.45, 2.75) is 45.3 Å². The van der Waals surface area contributed by atoms with Crippen molar-refractivity contribution in [2.24, 2.45) is 0 Å². The van der Waals surface area contributed by atoms with Crippen LogP contribution in [0.25, 0.3) is 16.9 Å². The summed E-state index contributed by atoms with van der Waals surface area (Å²) in [6.45, 7) is 5.91. The van der Waals surface area contributed by atoms with Gasteiger partial charge in [-0.15, -0.1) is 0 Å². The van der Waals surface area contributed by atoms with Crippen molar-refractivity contribution in [1.29, 1.82) is 0 Å². The molecule has 2 aromatic heterocycles. The smallest absolute Gasteiger partial charge is 0.407 e. The van der Waals surface area contributed by atoms with E-state index in [9.17, 15) is 24.3 Å². The van der Waals surface area contributed by atoms with Crippen molar-refractivity contribution in [3.8, 4) is 16.9 Å². The van der Waals surface area contributed by atoms with Crippen LogP contribution in [0, 0.1) is 0 Å². The number of hydrogen-bond acceptors (Lipinski definition) is 7. The van der Waals surface area contributed by atoms with Crippen molar-refractivity contribution in [3.63, 3.8) is 0 Å². The zero-order valence-electron chi connectivity index (χ0n) is 23.3. The molecular weight excluding hydrogens is 528 g/mol. The summed E-state index contributed by atoms with van der Waals surface area (Å²) in [6.07, 6.45) is 2.22. The van der Waals surface area contributed by atoms with Crippen molar-refractivity contribution >= 4 is 23.9 Å². The molecule has 0 aliphatic carbocycles. The second-order valence-electron chi connectivity index (χ2n) is 10.7. The number of carboxylic acid groups (broad SMARTS) is 1. The molecule has 0 saturated carbocycles. The molecule has 0 bridgehead atoms. The van der Waals surface area contributed by atoms with E-state index in [4.69, 9.17) is 4.74 Å². The molecule has 1 aliphatic rings. The number of nitrogens with one attached hydrogen (secondary N) is 1. The van der Waals surface area contributed by atoms with E-state index in [1.807, 2.05) is 36.4 Å². The minimum atomic E-state index is -1.05. The number of rotatable bonds is 8. The van der Waals surface area contributed by atoms with Gasteiger partial charge in [0, 0.05) is 50.6 Å². The maximum absolute atomic E-state index is 13.6. The first-order chi connectivity index (χ1) is 19.5. The number of amides is 3. The molecule has 1 fully saturated rings. The van der Waals surface area contributed by atoms with Crippen LogP contribution in [0.1, 0.15) is 44.1 Å². The molecule has 41 heavy (non-hydrogen) atoms. The van der Waals surface area contributed by atoms with Crippen LogP contribution in [0.3, 0.4) is 0 Å². The Morgan fingerprint density at radius 2 is 1.68 bits per heavy atom. The Kier molecular flexibility index (Phi) is 9.00. The normalized spacial score (nSPS) is 14.3. The number of ether oxygens (including phenoxy) is 1. The van der Waals surface area contributed by atoms with Gasteiger partial charge in [-0.25, -0.2) is 14.5 Å². The Morgan fingerprint density at radius 3 is 2.29 bits per heavy atom. The molecule has 3 aromatic rings. The summed E-state index contributed by atoms with van der Waals surface area (Å²) >= 11 is 0. The van der Waals surface area contributed by atoms with E-state index >= 15 is 0 Å². The highest BCUT2D eigenvalue weighted by Crippen LogP contribution is 2.21. The number of pyridine rings is 1. The van der Waals surface area contributed by atoms with Gasteiger partial charge in [-0.05, 0) is 45.4 Å². The zero-order chi connectivity index (χ0) is 29.6. The van der Waals surface area contributed by atoms with Gasteiger partial charge in [0.25, 0.3) is 5.91 Å². The minimum absolute atomic E-state index is 0.00300. The Hall–Kier alpha value is -4.74. The van der Waals surface area contributed by atoms with Crippen LogP contribution in [-0.2, 0) is 14.3 Å². The summed E-state index contributed by atoms with van der Waals surface area (Å²) < 4.78 is 7.00. The quantitative estimate of drug-likeness (QED) is 0.399. The first kappa shape index (κ1) is 29.2. The zero-order valence-corrected chi connectivity index (χ0v) is 23.3. The van der Waals surface area contributed by atoms with E-state index in [1.165, 1.54) is 9.80 Å². The SMILES string of the molecule is CC(C)(C)OC(=O)CC[C@H](NC(=O)c1cc(-n2cccn2)cc(-c2ccccc2)n1)C(=O)N1CCN(C(=O)O)CC1. The number of hydrogen-bond donors (Lipinski definition) is 2. The number of esters is 1. The third-order valence-corrected chi connectivity index (χ3v) is 6.40. The van der Waals surface area contributed by atoms with Gasteiger partial charge in [0.2, 0.25) is 5.91 Å². The number of piperazine rings is 1. The predicted octanol–water partition coefficient (Wildman–Crippen LogP) is 2.98. The topological polar surface area (TPSA) is 147 Å². The van der Waals surface area contributed by atoms with Crippen LogP contribution in [0.2, 0.25) is 0 Å². The number of carbonyl (C=O) groups excluding carboxylic acids is 3. The Balaban J connectivity index is 1.59. The second-order valence-corrected chi connectivity index (χ2v) is 10.7. The lowest BCUT2D eigenvalue weighted by Crippen LogP contribution is -2.55. The lowest BCUT2D eigenvalue weighted by Gasteiger charge is -2.35. The maximum Gasteiger partial charge on any atom is 0.407 e. The van der Waals surface area contributed by atoms with Gasteiger partial charge in [-0.1, -0.05) is 30.3 Å². The van der Waals surface area contributed by atoms with Gasteiger partial charge < -0.3 is 25.0 Å². The molecule has 1 atom stereocenters. The lowest BCUT2D eigenvalue weighted by molar-refractivity contribution is -0.155. The van der Waals surface area contributed by atoms with Gasteiger partial charge in [-0.3, -0.25) is 14.4 Å². The van der Waals surface area contributed by atoms with E-state index in [2.05, 4.69) is 15.4 Å². The molecule has 4 rings (SSSR count). The first-order valence-corrected chi connectivity index (χ1v) is 13.4. The molecule has 1 aliphatic heterocycles. The number of aromatic nitrogens is 3. The molecule has 3 amide bonds. The number of nitrogens with zero attached hydrogens (tertiary/aromatic N) is 5. The monoisotopic (exact) mass is 562 g/mol. The second kappa shape index (κ2) is 12.6. The van der Waals surface area contributed by atoms with Gasteiger partial charge in [0.15, 0.2) is 0 Å². The molecule has 12 heteroatoms. The first-order valence-electron chi connectivity index (χ1n) is 13.4.